The number of phenolic OH excluding ortho intramolecular Hbond substituents is 1. The molecule has 0 saturated carbocycles. The molecule has 13 heteroatoms. The molecule has 6 aromatic rings. The number of ether oxygens (including phenoxy) is 2. The largest absolute Gasteiger partial charge is 0.506 e. The van der Waals surface area contributed by atoms with Gasteiger partial charge in [0.2, 0.25) is 11.2 Å². The Bertz CT molecular complexity index is 2670. The van der Waals surface area contributed by atoms with E-state index in [0.717, 1.165) is 38.0 Å². The zero-order valence-corrected chi connectivity index (χ0v) is 36.8. The summed E-state index contributed by atoms with van der Waals surface area (Å²) in [6.45, 7) is 3.37. The van der Waals surface area contributed by atoms with E-state index in [-0.39, 0.29) is 53.9 Å². The first-order valence-electron chi connectivity index (χ1n) is 22.7. The molecule has 5 N–H and O–H groups in total. The number of aromatic amines is 1. The summed E-state index contributed by atoms with van der Waals surface area (Å²) in [5, 5.41) is 36.9. The van der Waals surface area contributed by atoms with Crippen molar-refractivity contribution in [2.75, 3.05) is 39.4 Å². The van der Waals surface area contributed by atoms with Gasteiger partial charge in [0.25, 0.3) is 11.8 Å². The van der Waals surface area contributed by atoms with Crippen LogP contribution in [-0.2, 0) is 32.9 Å². The maximum atomic E-state index is 13.9. The van der Waals surface area contributed by atoms with E-state index >= 15 is 0 Å². The monoisotopic (exact) mass is 892 g/mol. The highest BCUT2D eigenvalue weighted by atomic mass is 16.5. The second-order valence-corrected chi connectivity index (χ2v) is 17.4. The molecule has 2 aliphatic heterocycles. The van der Waals surface area contributed by atoms with Crippen LogP contribution in [0, 0.1) is 5.92 Å². The number of phenols is 1. The van der Waals surface area contributed by atoms with E-state index < -0.39 is 17.7 Å². The van der Waals surface area contributed by atoms with E-state index in [9.17, 15) is 34.5 Å². The molecule has 0 aliphatic carbocycles. The minimum absolute atomic E-state index is 0.0557. The number of aromatic hydroxyl groups is 1. The van der Waals surface area contributed by atoms with Crippen LogP contribution in [-0.4, -0.2) is 93.3 Å². The third-order valence-electron chi connectivity index (χ3n) is 12.8. The summed E-state index contributed by atoms with van der Waals surface area (Å²) >= 11 is 0. The Balaban J connectivity index is 0.795. The number of aromatic nitrogens is 1. The van der Waals surface area contributed by atoms with Crippen molar-refractivity contribution < 1.29 is 39.2 Å². The topological polar surface area (TPSA) is 182 Å². The SMILES string of the molecule is O=C(N[C@@H]1CCN(C(=O)COc2cccc([C@](O)(C(=O)OCC3CCN(Cc4ccccc4)CC3)c3ccccc3)c2)C1)c1ccc(CCC[C@H](O)c2ccc(O)c3[nH]c(=O)ccc23)cc1. The van der Waals surface area contributed by atoms with E-state index in [1.54, 1.807) is 77.7 Å². The van der Waals surface area contributed by atoms with Crippen molar-refractivity contribution in [2.24, 2.45) is 5.92 Å². The van der Waals surface area contributed by atoms with Gasteiger partial charge in [-0.2, -0.15) is 0 Å². The predicted molar refractivity (Wildman–Crippen MR) is 250 cm³/mol. The fourth-order valence-electron chi connectivity index (χ4n) is 8.98. The number of hydrogen-bond donors (Lipinski definition) is 5. The van der Waals surface area contributed by atoms with Crippen molar-refractivity contribution in [3.8, 4) is 11.5 Å². The number of H-pyrrole nitrogens is 1. The summed E-state index contributed by atoms with van der Waals surface area (Å²) in [5.41, 5.74) is 1.87. The van der Waals surface area contributed by atoms with E-state index in [4.69, 9.17) is 9.47 Å². The van der Waals surface area contributed by atoms with Gasteiger partial charge in [-0.3, -0.25) is 19.3 Å². The van der Waals surface area contributed by atoms with Gasteiger partial charge in [-0.1, -0.05) is 91.0 Å². The Kier molecular flexibility index (Phi) is 14.6. The van der Waals surface area contributed by atoms with Crippen LogP contribution in [0.15, 0.2) is 138 Å². The minimum Gasteiger partial charge on any atom is -0.506 e. The van der Waals surface area contributed by atoms with E-state index in [0.29, 0.717) is 72.1 Å². The van der Waals surface area contributed by atoms with Crippen LogP contribution in [0.25, 0.3) is 10.9 Å². The molecule has 2 fully saturated rings. The molecular weight excluding hydrogens is 837 g/mol. The lowest BCUT2D eigenvalue weighted by molar-refractivity contribution is -0.164. The molecule has 3 atom stereocenters. The lowest BCUT2D eigenvalue weighted by Gasteiger charge is -2.33. The number of nitrogens with zero attached hydrogens (tertiary/aromatic N) is 2. The highest BCUT2D eigenvalue weighted by molar-refractivity contribution is 5.94. The van der Waals surface area contributed by atoms with Crippen LogP contribution in [0.1, 0.15) is 76.4 Å². The molecule has 2 amide bonds. The molecule has 1 aromatic heterocycles. The molecule has 3 heterocycles. The van der Waals surface area contributed by atoms with Gasteiger partial charge in [0, 0.05) is 48.3 Å². The summed E-state index contributed by atoms with van der Waals surface area (Å²) in [4.78, 5) is 58.8. The number of esters is 1. The standard InChI is InChI=1S/C53H56N4O9/c58-46(44-21-23-47(59)50-45(44)22-24-48(60)55-50)16-7-11-36-17-19-39(20-18-36)51(62)54-42-27-30-57(33-42)49(61)35-65-43-15-8-14-41(31-43)53(64,40-12-5-2-6-13-40)52(63)66-34-38-25-28-56(29-26-38)32-37-9-3-1-4-10-37/h1-6,8-10,12-15,17-24,31,38,42,46,58-59,64H,7,11,16,25-30,32-35H2,(H,54,62)(H,55,60)/t42-,46+,53+/m1/s1. The van der Waals surface area contributed by atoms with Crippen LogP contribution < -0.4 is 15.6 Å². The van der Waals surface area contributed by atoms with E-state index in [1.807, 2.05) is 36.4 Å². The normalized spacial score (nSPS) is 16.9. The molecule has 0 radical (unpaired) electrons. The van der Waals surface area contributed by atoms with Crippen molar-refractivity contribution >= 4 is 28.7 Å². The number of hydrogen-bond acceptors (Lipinski definition) is 10. The smallest absolute Gasteiger partial charge is 0.347 e. The van der Waals surface area contributed by atoms with Gasteiger partial charge in [-0.05, 0) is 116 Å². The number of aryl methyl sites for hydroxylation is 1. The number of carbonyl (C=O) groups is 3. The lowest BCUT2D eigenvalue weighted by atomic mass is 9.86. The van der Waals surface area contributed by atoms with Gasteiger partial charge in [-0.25, -0.2) is 4.79 Å². The van der Waals surface area contributed by atoms with Crippen LogP contribution in [0.4, 0.5) is 0 Å². The van der Waals surface area contributed by atoms with Crippen molar-refractivity contribution in [1.82, 2.24) is 20.1 Å². The number of benzene rings is 5. The fourth-order valence-corrected chi connectivity index (χ4v) is 8.98. The number of likely N-dealkylation sites (tertiary alicyclic amines) is 2. The zero-order chi connectivity index (χ0) is 46.0. The molecule has 342 valence electrons. The summed E-state index contributed by atoms with van der Waals surface area (Å²) < 4.78 is 11.8. The van der Waals surface area contributed by atoms with Gasteiger partial charge < -0.3 is 40.0 Å². The van der Waals surface area contributed by atoms with Crippen LogP contribution >= 0.6 is 0 Å². The lowest BCUT2D eigenvalue weighted by Crippen LogP contribution is -2.40. The first-order valence-corrected chi connectivity index (χ1v) is 22.7. The van der Waals surface area contributed by atoms with Crippen molar-refractivity contribution in [3.63, 3.8) is 0 Å². The number of fused-ring (bicyclic) bond motifs is 1. The minimum atomic E-state index is -2.11. The maximum Gasteiger partial charge on any atom is 0.347 e. The van der Waals surface area contributed by atoms with Gasteiger partial charge in [0.1, 0.15) is 11.5 Å². The predicted octanol–water partition coefficient (Wildman–Crippen LogP) is 6.39. The Hall–Kier alpha value is -6.80. The first-order chi connectivity index (χ1) is 32.0. The zero-order valence-electron chi connectivity index (χ0n) is 36.8. The number of amides is 2. The summed E-state index contributed by atoms with van der Waals surface area (Å²) in [7, 11) is 0. The number of pyridine rings is 1. The second-order valence-electron chi connectivity index (χ2n) is 17.4. The Labute approximate surface area is 383 Å². The number of aliphatic hydroxyl groups excluding tert-OH is 1. The molecule has 8 rings (SSSR count). The van der Waals surface area contributed by atoms with Crippen LogP contribution in [0.5, 0.6) is 11.5 Å². The molecule has 0 unspecified atom stereocenters. The summed E-state index contributed by atoms with van der Waals surface area (Å²) in [5.74, 6) is -0.844. The van der Waals surface area contributed by atoms with Gasteiger partial charge in [0.15, 0.2) is 6.61 Å². The Morgan fingerprint density at radius 2 is 1.53 bits per heavy atom. The molecule has 5 aromatic carbocycles. The second kappa shape index (κ2) is 21.0. The van der Waals surface area contributed by atoms with Crippen molar-refractivity contribution in [2.45, 2.75) is 62.8 Å². The van der Waals surface area contributed by atoms with Gasteiger partial charge >= 0.3 is 5.97 Å². The number of nitrogens with one attached hydrogen (secondary N) is 2. The quantitative estimate of drug-likeness (QED) is 0.0644. The van der Waals surface area contributed by atoms with Crippen LogP contribution in [0.2, 0.25) is 0 Å². The maximum absolute atomic E-state index is 13.9. The molecule has 2 aliphatic rings. The Morgan fingerprint density at radius 3 is 2.29 bits per heavy atom. The number of rotatable bonds is 17. The van der Waals surface area contributed by atoms with Crippen LogP contribution in [0.3, 0.4) is 0 Å². The summed E-state index contributed by atoms with van der Waals surface area (Å²) in [6.07, 6.45) is 3.35. The highest BCUT2D eigenvalue weighted by Gasteiger charge is 2.42. The molecule has 0 bridgehead atoms. The first kappa shape index (κ1) is 45.8. The number of aliphatic hydroxyl groups is 2. The van der Waals surface area contributed by atoms with Crippen molar-refractivity contribution in [1.29, 1.82) is 0 Å². The fraction of sp³-hybridized carbons (Fsp3) is 0.321. The summed E-state index contributed by atoms with van der Waals surface area (Å²) in [6, 6.07) is 38.8. The van der Waals surface area contributed by atoms with E-state index in [2.05, 4.69) is 27.3 Å². The molecule has 2 saturated heterocycles. The molecular formula is C53H56N4O9. The Morgan fingerprint density at radius 1 is 0.803 bits per heavy atom. The highest BCUT2D eigenvalue weighted by Crippen LogP contribution is 2.34. The third kappa shape index (κ3) is 11.0. The third-order valence-corrected chi connectivity index (χ3v) is 12.8. The average molecular weight is 893 g/mol. The van der Waals surface area contributed by atoms with Gasteiger partial charge in [-0.15, -0.1) is 0 Å². The van der Waals surface area contributed by atoms with E-state index in [1.165, 1.54) is 17.7 Å². The van der Waals surface area contributed by atoms with Gasteiger partial charge in [0.05, 0.1) is 18.2 Å². The molecule has 13 nitrogen and oxygen atoms in total. The number of carbonyl (C=O) groups excluding carboxylic acids is 3. The molecule has 0 spiro atoms. The average Bonchev–Trinajstić information content (AvgIpc) is 3.82. The molecule has 66 heavy (non-hydrogen) atoms. The van der Waals surface area contributed by atoms with Crippen molar-refractivity contribution in [3.05, 3.63) is 177 Å². The number of piperidine rings is 1.